The zero-order chi connectivity index (χ0) is 44.0. The van der Waals surface area contributed by atoms with Crippen LogP contribution in [0, 0.1) is 0 Å². The predicted octanol–water partition coefficient (Wildman–Crippen LogP) is 17.5. The first-order valence-corrected chi connectivity index (χ1v) is 23.8. The smallest absolute Gasteiger partial charge is 0.0713 e. The van der Waals surface area contributed by atoms with Crippen LogP contribution in [0.5, 0.6) is 0 Å². The Hall–Kier alpha value is -7.78. The quantitative estimate of drug-likeness (QED) is 0.154. The molecule has 0 spiro atoms. The summed E-state index contributed by atoms with van der Waals surface area (Å²) >= 11 is 1.88. The Morgan fingerprint density at radius 1 is 0.364 bits per heavy atom. The lowest BCUT2D eigenvalue weighted by Gasteiger charge is -2.34. The van der Waals surface area contributed by atoms with E-state index in [4.69, 9.17) is 0 Å². The van der Waals surface area contributed by atoms with Crippen molar-refractivity contribution in [3.63, 3.8) is 0 Å². The van der Waals surface area contributed by atoms with Crippen LogP contribution in [-0.4, -0.2) is 0 Å². The molecule has 0 unspecified atom stereocenters. The number of rotatable bonds is 7. The zero-order valence-corrected chi connectivity index (χ0v) is 37.7. The van der Waals surface area contributed by atoms with Crippen molar-refractivity contribution in [2.45, 2.75) is 24.7 Å². The van der Waals surface area contributed by atoms with Crippen molar-refractivity contribution in [2.75, 3.05) is 4.90 Å². The number of fused-ring (bicyclic) bond motifs is 9. The van der Waals surface area contributed by atoms with E-state index in [1.165, 1.54) is 104 Å². The molecule has 13 rings (SSSR count). The van der Waals surface area contributed by atoms with Crippen molar-refractivity contribution in [2.24, 2.45) is 0 Å². The van der Waals surface area contributed by atoms with Crippen LogP contribution < -0.4 is 4.90 Å². The van der Waals surface area contributed by atoms with Crippen LogP contribution in [0.15, 0.2) is 237 Å². The van der Waals surface area contributed by atoms with E-state index in [2.05, 4.69) is 255 Å². The molecule has 10 aromatic carbocycles. The fourth-order valence-corrected chi connectivity index (χ4v) is 12.9. The summed E-state index contributed by atoms with van der Waals surface area (Å²) in [5.41, 5.74) is 20.8. The van der Waals surface area contributed by atoms with Gasteiger partial charge in [-0.15, -0.1) is 11.3 Å². The Balaban J connectivity index is 0.975. The van der Waals surface area contributed by atoms with Crippen molar-refractivity contribution >= 4 is 48.6 Å². The van der Waals surface area contributed by atoms with E-state index in [1.807, 2.05) is 11.3 Å². The monoisotopic (exact) mass is 859 g/mol. The van der Waals surface area contributed by atoms with Gasteiger partial charge in [-0.3, -0.25) is 0 Å². The minimum absolute atomic E-state index is 0.202. The molecular weight excluding hydrogens is 815 g/mol. The third-order valence-corrected chi connectivity index (χ3v) is 15.8. The number of hydrogen-bond acceptors (Lipinski definition) is 2. The molecule has 1 heterocycles. The average molecular weight is 860 g/mol. The van der Waals surface area contributed by atoms with Crippen LogP contribution in [0.4, 0.5) is 17.1 Å². The van der Waals surface area contributed by atoms with E-state index in [0.29, 0.717) is 0 Å². The predicted molar refractivity (Wildman–Crippen MR) is 280 cm³/mol. The molecule has 2 aliphatic carbocycles. The molecule has 1 aromatic heterocycles. The molecule has 2 aliphatic rings. The van der Waals surface area contributed by atoms with Crippen molar-refractivity contribution in [1.29, 1.82) is 0 Å². The Bertz CT molecular complexity index is 3630. The van der Waals surface area contributed by atoms with Gasteiger partial charge in [0.05, 0.1) is 11.1 Å². The van der Waals surface area contributed by atoms with Gasteiger partial charge in [0.15, 0.2) is 0 Å². The van der Waals surface area contributed by atoms with Crippen LogP contribution in [0.3, 0.4) is 0 Å². The van der Waals surface area contributed by atoms with Gasteiger partial charge in [-0.05, 0) is 120 Å². The molecule has 11 aromatic rings. The summed E-state index contributed by atoms with van der Waals surface area (Å²) in [4.78, 5) is 2.50. The van der Waals surface area contributed by atoms with Crippen molar-refractivity contribution < 1.29 is 0 Å². The summed E-state index contributed by atoms with van der Waals surface area (Å²) in [5.74, 6) is 0. The third kappa shape index (κ3) is 5.65. The van der Waals surface area contributed by atoms with Crippen LogP contribution in [-0.2, 0) is 10.8 Å². The Morgan fingerprint density at radius 3 is 1.70 bits per heavy atom. The van der Waals surface area contributed by atoms with Gasteiger partial charge in [-0.2, -0.15) is 0 Å². The second-order valence-electron chi connectivity index (χ2n) is 18.4. The van der Waals surface area contributed by atoms with Crippen molar-refractivity contribution in [3.05, 3.63) is 270 Å². The minimum Gasteiger partial charge on any atom is -0.310 e. The van der Waals surface area contributed by atoms with Crippen LogP contribution in [0.25, 0.3) is 64.7 Å². The second kappa shape index (κ2) is 14.9. The average Bonchev–Trinajstić information content (AvgIpc) is 3.99. The summed E-state index contributed by atoms with van der Waals surface area (Å²) in [6, 6.07) is 88.1. The number of hydrogen-bond donors (Lipinski definition) is 0. The molecule has 66 heavy (non-hydrogen) atoms. The van der Waals surface area contributed by atoms with Gasteiger partial charge >= 0.3 is 0 Å². The first-order chi connectivity index (χ1) is 32.5. The van der Waals surface area contributed by atoms with Gasteiger partial charge in [0.25, 0.3) is 0 Å². The lowest BCUT2D eigenvalue weighted by atomic mass is 9.67. The van der Waals surface area contributed by atoms with E-state index in [-0.39, 0.29) is 5.41 Å². The fourth-order valence-electron chi connectivity index (χ4n) is 11.7. The Morgan fingerprint density at radius 2 is 0.924 bits per heavy atom. The fraction of sp³-hybridized carbons (Fsp3) is 0.0625. The van der Waals surface area contributed by atoms with Gasteiger partial charge < -0.3 is 4.90 Å². The molecule has 1 nitrogen and oxygen atoms in total. The molecule has 0 N–H and O–H groups in total. The van der Waals surface area contributed by atoms with E-state index in [9.17, 15) is 0 Å². The van der Waals surface area contributed by atoms with Gasteiger partial charge in [0, 0.05) is 37.0 Å². The topological polar surface area (TPSA) is 3.24 Å². The molecule has 0 saturated carbocycles. The van der Waals surface area contributed by atoms with Crippen molar-refractivity contribution in [3.8, 4) is 44.5 Å². The first-order valence-electron chi connectivity index (χ1n) is 23.0. The summed E-state index contributed by atoms with van der Waals surface area (Å²) in [5, 5.41) is 2.64. The Kier molecular flexibility index (Phi) is 8.72. The second-order valence-corrected chi connectivity index (χ2v) is 19.4. The lowest BCUT2D eigenvalue weighted by molar-refractivity contribution is 0.661. The molecule has 2 heteroatoms. The maximum Gasteiger partial charge on any atom is 0.0713 e. The number of nitrogens with zero attached hydrogens (tertiary/aromatic N) is 1. The highest BCUT2D eigenvalue weighted by Crippen LogP contribution is 2.58. The lowest BCUT2D eigenvalue weighted by Crippen LogP contribution is -2.28. The molecule has 0 bridgehead atoms. The summed E-state index contributed by atoms with van der Waals surface area (Å²) in [6.45, 7) is 4.77. The zero-order valence-electron chi connectivity index (χ0n) is 36.9. The van der Waals surface area contributed by atoms with Crippen LogP contribution >= 0.6 is 11.3 Å². The SMILES string of the molecule is CC1(C)c2ccccc2-c2cccc(N(c3ccc(-c4cccc5c4sc4ccccc45)cc3)c3cccc(-c4ccc5c(c4)-c4ccccc4C5(c4ccccc4)c4ccccc4)c3)c21. The number of benzene rings is 10. The van der Waals surface area contributed by atoms with E-state index >= 15 is 0 Å². The van der Waals surface area contributed by atoms with Crippen LogP contribution in [0.2, 0.25) is 0 Å². The molecule has 312 valence electrons. The minimum atomic E-state index is -0.432. The molecule has 0 aliphatic heterocycles. The molecule has 0 atom stereocenters. The van der Waals surface area contributed by atoms with Gasteiger partial charge in [-0.1, -0.05) is 208 Å². The summed E-state index contributed by atoms with van der Waals surface area (Å²) in [7, 11) is 0. The van der Waals surface area contributed by atoms with Gasteiger partial charge in [-0.25, -0.2) is 0 Å². The molecule has 0 radical (unpaired) electrons. The number of anilines is 3. The van der Waals surface area contributed by atoms with E-state index in [0.717, 1.165) is 11.4 Å². The van der Waals surface area contributed by atoms with E-state index in [1.54, 1.807) is 0 Å². The highest BCUT2D eigenvalue weighted by Gasteiger charge is 2.46. The Labute approximate surface area is 390 Å². The number of thiophene rings is 1. The molecule has 0 fully saturated rings. The third-order valence-electron chi connectivity index (χ3n) is 14.5. The maximum atomic E-state index is 2.50. The van der Waals surface area contributed by atoms with Gasteiger partial charge in [0.1, 0.15) is 0 Å². The van der Waals surface area contributed by atoms with E-state index < -0.39 is 5.41 Å². The molecule has 0 saturated heterocycles. The van der Waals surface area contributed by atoms with Crippen molar-refractivity contribution in [1.82, 2.24) is 0 Å². The standard InChI is InChI=1S/C64H45NS/c1-63(2)56-30-12-9-24-50(56)53-28-17-32-59(61(53)63)65(47-37-34-42(35-38-47)49-27-16-29-54-52-26-11-14-33-60(52)66-62(49)54)48-23-15-18-43(40-48)44-36-39-58-55(41-44)51-25-10-13-31-57(51)64(58,45-19-5-3-6-20-45)46-21-7-4-8-22-46/h3-41H,1-2H3. The summed E-state index contributed by atoms with van der Waals surface area (Å²) in [6.07, 6.45) is 0. The van der Waals surface area contributed by atoms with Gasteiger partial charge in [0.2, 0.25) is 0 Å². The first kappa shape index (κ1) is 38.7. The summed E-state index contributed by atoms with van der Waals surface area (Å²) < 4.78 is 2.65. The largest absolute Gasteiger partial charge is 0.310 e. The highest BCUT2D eigenvalue weighted by molar-refractivity contribution is 7.26. The van der Waals surface area contributed by atoms with Crippen LogP contribution in [0.1, 0.15) is 47.2 Å². The maximum absolute atomic E-state index is 2.50. The molecule has 0 amide bonds. The highest BCUT2D eigenvalue weighted by atomic mass is 32.1. The normalized spacial score (nSPS) is 13.8. The molecular formula is C64H45NS.